The quantitative estimate of drug-likeness (QED) is 0.759. The molecule has 0 radical (unpaired) electrons. The molecule has 1 aromatic carbocycles. The monoisotopic (exact) mass is 292 g/mol. The molecule has 0 aliphatic carbocycles. The SMILES string of the molecule is CC(=O)NCCCc1n[nH]c(COc2cccc(F)c2)n1. The van der Waals surface area contributed by atoms with Gasteiger partial charge < -0.3 is 10.1 Å². The second-order valence-electron chi connectivity index (χ2n) is 4.53. The van der Waals surface area contributed by atoms with Crippen LogP contribution in [0.1, 0.15) is 25.0 Å². The fourth-order valence-corrected chi connectivity index (χ4v) is 1.73. The number of aromatic amines is 1. The van der Waals surface area contributed by atoms with Crippen molar-refractivity contribution in [2.75, 3.05) is 6.54 Å². The molecule has 112 valence electrons. The molecule has 0 unspecified atom stereocenters. The molecule has 0 fully saturated rings. The second-order valence-corrected chi connectivity index (χ2v) is 4.53. The maximum absolute atomic E-state index is 13.0. The lowest BCUT2D eigenvalue weighted by Crippen LogP contribution is -2.21. The lowest BCUT2D eigenvalue weighted by atomic mass is 10.3. The Morgan fingerprint density at radius 3 is 3.10 bits per heavy atom. The van der Waals surface area contributed by atoms with Crippen LogP contribution in [0.4, 0.5) is 4.39 Å². The number of hydrogen-bond donors (Lipinski definition) is 2. The van der Waals surface area contributed by atoms with Gasteiger partial charge in [-0.15, -0.1) is 0 Å². The van der Waals surface area contributed by atoms with E-state index in [0.717, 1.165) is 6.42 Å². The summed E-state index contributed by atoms with van der Waals surface area (Å²) in [6.07, 6.45) is 1.43. The summed E-state index contributed by atoms with van der Waals surface area (Å²) < 4.78 is 18.4. The van der Waals surface area contributed by atoms with Crippen LogP contribution in [0.25, 0.3) is 0 Å². The number of halogens is 1. The van der Waals surface area contributed by atoms with E-state index in [1.807, 2.05) is 0 Å². The molecule has 1 heterocycles. The first-order valence-electron chi connectivity index (χ1n) is 6.66. The van der Waals surface area contributed by atoms with Crippen molar-refractivity contribution in [2.24, 2.45) is 0 Å². The molecule has 0 saturated heterocycles. The topological polar surface area (TPSA) is 79.9 Å². The Morgan fingerprint density at radius 1 is 1.48 bits per heavy atom. The van der Waals surface area contributed by atoms with Crippen molar-refractivity contribution in [3.63, 3.8) is 0 Å². The number of benzene rings is 1. The van der Waals surface area contributed by atoms with Crippen LogP contribution in [0.15, 0.2) is 24.3 Å². The average molecular weight is 292 g/mol. The van der Waals surface area contributed by atoms with E-state index >= 15 is 0 Å². The van der Waals surface area contributed by atoms with Crippen LogP contribution in [-0.2, 0) is 17.8 Å². The van der Waals surface area contributed by atoms with Crippen molar-refractivity contribution < 1.29 is 13.9 Å². The molecule has 2 N–H and O–H groups in total. The summed E-state index contributed by atoms with van der Waals surface area (Å²) in [5.74, 6) is 1.29. The van der Waals surface area contributed by atoms with Gasteiger partial charge in [0.2, 0.25) is 5.91 Å². The molecule has 2 rings (SSSR count). The number of rotatable bonds is 7. The third kappa shape index (κ3) is 5.21. The lowest BCUT2D eigenvalue weighted by molar-refractivity contribution is -0.118. The Morgan fingerprint density at radius 2 is 2.33 bits per heavy atom. The minimum absolute atomic E-state index is 0.0471. The third-order valence-corrected chi connectivity index (χ3v) is 2.70. The van der Waals surface area contributed by atoms with Crippen LogP contribution >= 0.6 is 0 Å². The first-order chi connectivity index (χ1) is 10.1. The van der Waals surface area contributed by atoms with Crippen molar-refractivity contribution in [3.8, 4) is 5.75 Å². The van der Waals surface area contributed by atoms with Crippen molar-refractivity contribution in [3.05, 3.63) is 41.7 Å². The van der Waals surface area contributed by atoms with E-state index in [1.54, 1.807) is 12.1 Å². The normalized spacial score (nSPS) is 10.4. The number of aryl methyl sites for hydroxylation is 1. The average Bonchev–Trinajstić information content (AvgIpc) is 2.89. The summed E-state index contributed by atoms with van der Waals surface area (Å²) in [5.41, 5.74) is 0. The fraction of sp³-hybridized carbons (Fsp3) is 0.357. The van der Waals surface area contributed by atoms with Crippen LogP contribution in [0.5, 0.6) is 5.75 Å². The maximum Gasteiger partial charge on any atom is 0.216 e. The number of nitrogens with zero attached hydrogens (tertiary/aromatic N) is 2. The molecule has 0 saturated carbocycles. The van der Waals surface area contributed by atoms with Gasteiger partial charge in [0, 0.05) is 26.0 Å². The molecule has 0 bridgehead atoms. The number of carbonyl (C=O) groups excluding carboxylic acids is 1. The van der Waals surface area contributed by atoms with Crippen molar-refractivity contribution >= 4 is 5.91 Å². The Bertz CT molecular complexity index is 600. The van der Waals surface area contributed by atoms with Crippen LogP contribution in [0, 0.1) is 5.82 Å². The van der Waals surface area contributed by atoms with E-state index in [1.165, 1.54) is 19.1 Å². The number of amides is 1. The Balaban J connectivity index is 1.76. The second kappa shape index (κ2) is 7.37. The molecule has 0 aliphatic heterocycles. The Kier molecular flexibility index (Phi) is 5.25. The zero-order chi connectivity index (χ0) is 15.1. The Hall–Kier alpha value is -2.44. The van der Waals surface area contributed by atoms with Gasteiger partial charge in [-0.1, -0.05) is 6.07 Å². The van der Waals surface area contributed by atoms with Gasteiger partial charge in [-0.25, -0.2) is 9.37 Å². The molecule has 21 heavy (non-hydrogen) atoms. The molecule has 0 aliphatic rings. The zero-order valence-electron chi connectivity index (χ0n) is 11.7. The van der Waals surface area contributed by atoms with E-state index < -0.39 is 0 Å². The maximum atomic E-state index is 13.0. The number of H-pyrrole nitrogens is 1. The molecule has 0 spiro atoms. The fourth-order valence-electron chi connectivity index (χ4n) is 1.73. The lowest BCUT2D eigenvalue weighted by Gasteiger charge is -2.03. The highest BCUT2D eigenvalue weighted by atomic mass is 19.1. The van der Waals surface area contributed by atoms with Gasteiger partial charge in [-0.05, 0) is 18.6 Å². The molecule has 6 nitrogen and oxygen atoms in total. The highest BCUT2D eigenvalue weighted by Gasteiger charge is 2.04. The van der Waals surface area contributed by atoms with E-state index in [9.17, 15) is 9.18 Å². The molecular formula is C14H17FN4O2. The molecule has 1 aromatic heterocycles. The van der Waals surface area contributed by atoms with Gasteiger partial charge in [-0.2, -0.15) is 5.10 Å². The van der Waals surface area contributed by atoms with E-state index in [-0.39, 0.29) is 18.3 Å². The van der Waals surface area contributed by atoms with Gasteiger partial charge in [0.1, 0.15) is 18.2 Å². The number of carbonyl (C=O) groups is 1. The molecule has 0 atom stereocenters. The van der Waals surface area contributed by atoms with E-state index in [0.29, 0.717) is 30.4 Å². The van der Waals surface area contributed by atoms with Gasteiger partial charge in [0.15, 0.2) is 11.6 Å². The first-order valence-corrected chi connectivity index (χ1v) is 6.66. The Labute approximate surface area is 121 Å². The van der Waals surface area contributed by atoms with Crippen molar-refractivity contribution in [2.45, 2.75) is 26.4 Å². The van der Waals surface area contributed by atoms with Gasteiger partial charge in [0.05, 0.1) is 0 Å². The van der Waals surface area contributed by atoms with Crippen LogP contribution in [0.2, 0.25) is 0 Å². The zero-order valence-corrected chi connectivity index (χ0v) is 11.7. The predicted octanol–water partition coefficient (Wildman–Crippen LogP) is 1.59. The molecule has 2 aromatic rings. The van der Waals surface area contributed by atoms with Crippen LogP contribution in [0.3, 0.4) is 0 Å². The summed E-state index contributed by atoms with van der Waals surface area (Å²) in [7, 11) is 0. The highest BCUT2D eigenvalue weighted by molar-refractivity contribution is 5.72. The highest BCUT2D eigenvalue weighted by Crippen LogP contribution is 2.13. The van der Waals surface area contributed by atoms with Crippen molar-refractivity contribution in [1.82, 2.24) is 20.5 Å². The third-order valence-electron chi connectivity index (χ3n) is 2.70. The standard InChI is InChI=1S/C14H17FN4O2/c1-10(20)16-7-3-6-13-17-14(19-18-13)9-21-12-5-2-4-11(15)8-12/h2,4-5,8H,3,6-7,9H2,1H3,(H,16,20)(H,17,18,19). The molecular weight excluding hydrogens is 275 g/mol. The predicted molar refractivity (Wildman–Crippen MR) is 74.1 cm³/mol. The number of hydrogen-bond acceptors (Lipinski definition) is 4. The molecule has 1 amide bonds. The summed E-state index contributed by atoms with van der Waals surface area (Å²) in [6, 6.07) is 5.92. The van der Waals surface area contributed by atoms with Gasteiger partial charge >= 0.3 is 0 Å². The smallest absolute Gasteiger partial charge is 0.216 e. The summed E-state index contributed by atoms with van der Waals surface area (Å²) in [5, 5.41) is 9.54. The van der Waals surface area contributed by atoms with Crippen molar-refractivity contribution in [1.29, 1.82) is 0 Å². The number of nitrogens with one attached hydrogen (secondary N) is 2. The minimum Gasteiger partial charge on any atom is -0.486 e. The summed E-state index contributed by atoms with van der Waals surface area (Å²) in [4.78, 5) is 15.0. The largest absolute Gasteiger partial charge is 0.486 e. The number of ether oxygens (including phenoxy) is 1. The van der Waals surface area contributed by atoms with Crippen LogP contribution < -0.4 is 10.1 Å². The van der Waals surface area contributed by atoms with Crippen LogP contribution in [-0.4, -0.2) is 27.6 Å². The van der Waals surface area contributed by atoms with Gasteiger partial charge in [-0.3, -0.25) is 9.89 Å². The summed E-state index contributed by atoms with van der Waals surface area (Å²) >= 11 is 0. The van der Waals surface area contributed by atoms with E-state index in [4.69, 9.17) is 4.74 Å². The first kappa shape index (κ1) is 15.0. The van der Waals surface area contributed by atoms with Gasteiger partial charge in [0.25, 0.3) is 0 Å². The molecule has 7 heteroatoms. The minimum atomic E-state index is -0.344. The summed E-state index contributed by atoms with van der Waals surface area (Å²) in [6.45, 7) is 2.27. The van der Waals surface area contributed by atoms with E-state index in [2.05, 4.69) is 20.5 Å². The number of aromatic nitrogens is 3.